The largest absolute Gasteiger partial charge is 0.382 e. The lowest BCUT2D eigenvalue weighted by molar-refractivity contribution is 0.0996. The summed E-state index contributed by atoms with van der Waals surface area (Å²) in [4.78, 5) is 20.2. The molecule has 0 saturated carbocycles. The molecule has 0 bridgehead atoms. The molecule has 0 aliphatic carbocycles. The quantitative estimate of drug-likeness (QED) is 0.617. The molecular formula is C16H22N6O. The van der Waals surface area contributed by atoms with E-state index in [0.717, 1.165) is 17.8 Å². The van der Waals surface area contributed by atoms with Crippen molar-refractivity contribution in [3.05, 3.63) is 41.9 Å². The van der Waals surface area contributed by atoms with Crippen molar-refractivity contribution in [1.29, 1.82) is 0 Å². The highest BCUT2D eigenvalue weighted by Gasteiger charge is 2.12. The van der Waals surface area contributed by atoms with Crippen molar-refractivity contribution in [2.45, 2.75) is 26.3 Å². The number of pyridine rings is 2. The van der Waals surface area contributed by atoms with Gasteiger partial charge in [0, 0.05) is 18.3 Å². The van der Waals surface area contributed by atoms with Gasteiger partial charge in [-0.15, -0.1) is 0 Å². The molecule has 0 radical (unpaired) electrons. The average Bonchev–Trinajstić information content (AvgIpc) is 2.53. The van der Waals surface area contributed by atoms with Crippen LogP contribution in [0.25, 0.3) is 0 Å². The molecule has 7 heteroatoms. The fourth-order valence-electron chi connectivity index (χ4n) is 2.02. The number of amides is 1. The highest BCUT2D eigenvalue weighted by atomic mass is 16.1. The number of hydrogen-bond donors (Lipinski definition) is 4. The van der Waals surface area contributed by atoms with Crippen molar-refractivity contribution in [3.8, 4) is 0 Å². The van der Waals surface area contributed by atoms with Crippen LogP contribution in [0, 0.1) is 0 Å². The van der Waals surface area contributed by atoms with Crippen LogP contribution in [0.5, 0.6) is 0 Å². The first-order valence-electron chi connectivity index (χ1n) is 7.52. The fraction of sp³-hybridized carbons (Fsp3) is 0.312. The Morgan fingerprint density at radius 2 is 2.17 bits per heavy atom. The van der Waals surface area contributed by atoms with Crippen LogP contribution in [0.15, 0.2) is 30.5 Å². The standard InChI is InChI=1S/C16H22N6O/c1-3-11-5-4-6-14(21-11)22-13-7-12(19-8-10(2)17)9-20-15(13)16(18)23/h4-7,9-10,19H,3,8,17H2,1-2H3,(H2,18,23)(H,21,22). The van der Waals surface area contributed by atoms with E-state index in [1.165, 1.54) is 0 Å². The van der Waals surface area contributed by atoms with Gasteiger partial charge >= 0.3 is 0 Å². The summed E-state index contributed by atoms with van der Waals surface area (Å²) in [5.41, 5.74) is 13.5. The van der Waals surface area contributed by atoms with Crippen LogP contribution in [0.3, 0.4) is 0 Å². The number of anilines is 3. The minimum atomic E-state index is -0.599. The van der Waals surface area contributed by atoms with Gasteiger partial charge in [0.1, 0.15) is 5.82 Å². The smallest absolute Gasteiger partial charge is 0.269 e. The van der Waals surface area contributed by atoms with Gasteiger partial charge in [-0.2, -0.15) is 0 Å². The van der Waals surface area contributed by atoms with Crippen molar-refractivity contribution < 1.29 is 4.79 Å². The predicted molar refractivity (Wildman–Crippen MR) is 91.8 cm³/mol. The summed E-state index contributed by atoms with van der Waals surface area (Å²) in [7, 11) is 0. The van der Waals surface area contributed by atoms with Gasteiger partial charge in [0.15, 0.2) is 5.69 Å². The van der Waals surface area contributed by atoms with Gasteiger partial charge in [0.25, 0.3) is 5.91 Å². The topological polar surface area (TPSA) is 119 Å². The number of aromatic nitrogens is 2. The van der Waals surface area contributed by atoms with Crippen molar-refractivity contribution in [2.75, 3.05) is 17.2 Å². The van der Waals surface area contributed by atoms with Gasteiger partial charge in [-0.05, 0) is 31.5 Å². The van der Waals surface area contributed by atoms with Crippen LogP contribution in [0.2, 0.25) is 0 Å². The van der Waals surface area contributed by atoms with E-state index in [2.05, 4.69) is 20.6 Å². The summed E-state index contributed by atoms with van der Waals surface area (Å²) >= 11 is 0. The van der Waals surface area contributed by atoms with E-state index >= 15 is 0 Å². The van der Waals surface area contributed by atoms with E-state index in [-0.39, 0.29) is 11.7 Å². The molecule has 0 fully saturated rings. The molecule has 2 rings (SSSR count). The highest BCUT2D eigenvalue weighted by Crippen LogP contribution is 2.22. The molecule has 122 valence electrons. The van der Waals surface area contributed by atoms with Crippen LogP contribution in [-0.4, -0.2) is 28.5 Å². The van der Waals surface area contributed by atoms with Crippen molar-refractivity contribution in [1.82, 2.24) is 9.97 Å². The number of nitrogens with zero attached hydrogens (tertiary/aromatic N) is 2. The first-order valence-corrected chi connectivity index (χ1v) is 7.52. The molecule has 0 aromatic carbocycles. The third-order valence-corrected chi connectivity index (χ3v) is 3.18. The van der Waals surface area contributed by atoms with Crippen LogP contribution >= 0.6 is 0 Å². The third-order valence-electron chi connectivity index (χ3n) is 3.18. The number of hydrogen-bond acceptors (Lipinski definition) is 6. The first kappa shape index (κ1) is 16.7. The average molecular weight is 314 g/mol. The zero-order valence-electron chi connectivity index (χ0n) is 13.3. The van der Waals surface area contributed by atoms with Gasteiger partial charge in [0.2, 0.25) is 0 Å². The summed E-state index contributed by atoms with van der Waals surface area (Å²) in [6.45, 7) is 4.53. The Labute approximate surface area is 135 Å². The molecule has 2 aromatic heterocycles. The Bertz CT molecular complexity index is 686. The molecule has 2 heterocycles. The number of carbonyl (C=O) groups is 1. The van der Waals surface area contributed by atoms with Gasteiger partial charge in [-0.1, -0.05) is 13.0 Å². The maximum atomic E-state index is 11.6. The molecule has 23 heavy (non-hydrogen) atoms. The Morgan fingerprint density at radius 1 is 1.39 bits per heavy atom. The summed E-state index contributed by atoms with van der Waals surface area (Å²) < 4.78 is 0. The second kappa shape index (κ2) is 7.55. The number of nitrogens with two attached hydrogens (primary N) is 2. The molecule has 0 spiro atoms. The second-order valence-electron chi connectivity index (χ2n) is 5.34. The van der Waals surface area contributed by atoms with Gasteiger partial charge in [0.05, 0.1) is 17.6 Å². The molecule has 0 aliphatic heterocycles. The van der Waals surface area contributed by atoms with Crippen LogP contribution in [0.4, 0.5) is 17.2 Å². The predicted octanol–water partition coefficient (Wildman–Crippen LogP) is 1.64. The normalized spacial score (nSPS) is 11.8. The fourth-order valence-corrected chi connectivity index (χ4v) is 2.02. The summed E-state index contributed by atoms with van der Waals surface area (Å²) in [5, 5.41) is 6.27. The lowest BCUT2D eigenvalue weighted by Crippen LogP contribution is -2.25. The minimum absolute atomic E-state index is 0.00475. The summed E-state index contributed by atoms with van der Waals surface area (Å²) in [6.07, 6.45) is 2.38. The zero-order valence-corrected chi connectivity index (χ0v) is 13.3. The van der Waals surface area contributed by atoms with E-state index in [9.17, 15) is 4.79 Å². The zero-order chi connectivity index (χ0) is 16.8. The Balaban J connectivity index is 2.29. The molecule has 7 nitrogen and oxygen atoms in total. The van der Waals surface area contributed by atoms with E-state index in [4.69, 9.17) is 11.5 Å². The number of aryl methyl sites for hydroxylation is 1. The van der Waals surface area contributed by atoms with Gasteiger partial charge < -0.3 is 22.1 Å². The number of nitrogens with one attached hydrogen (secondary N) is 2. The lowest BCUT2D eigenvalue weighted by Gasteiger charge is -2.13. The van der Waals surface area contributed by atoms with Crippen molar-refractivity contribution >= 4 is 23.1 Å². The molecular weight excluding hydrogens is 292 g/mol. The molecule has 6 N–H and O–H groups in total. The number of rotatable bonds is 7. The molecule has 1 unspecified atom stereocenters. The van der Waals surface area contributed by atoms with Gasteiger partial charge in [-0.3, -0.25) is 4.79 Å². The maximum absolute atomic E-state index is 11.6. The van der Waals surface area contributed by atoms with E-state index < -0.39 is 5.91 Å². The minimum Gasteiger partial charge on any atom is -0.382 e. The van der Waals surface area contributed by atoms with Crippen LogP contribution < -0.4 is 22.1 Å². The number of primary amides is 1. The number of carbonyl (C=O) groups excluding carboxylic acids is 1. The Hall–Kier alpha value is -2.67. The summed E-state index contributed by atoms with van der Waals surface area (Å²) in [6, 6.07) is 7.45. The Kier molecular flexibility index (Phi) is 5.48. The van der Waals surface area contributed by atoms with Gasteiger partial charge in [-0.25, -0.2) is 9.97 Å². The third kappa shape index (κ3) is 4.65. The van der Waals surface area contributed by atoms with Crippen LogP contribution in [0.1, 0.15) is 30.0 Å². The SMILES string of the molecule is CCc1cccc(Nc2cc(NCC(C)N)cnc2C(N)=O)n1. The van der Waals surface area contributed by atoms with Crippen molar-refractivity contribution in [2.24, 2.45) is 11.5 Å². The summed E-state index contributed by atoms with van der Waals surface area (Å²) in [5.74, 6) is 0.0379. The lowest BCUT2D eigenvalue weighted by atomic mass is 10.2. The molecule has 1 amide bonds. The monoisotopic (exact) mass is 314 g/mol. The Morgan fingerprint density at radius 3 is 2.83 bits per heavy atom. The second-order valence-corrected chi connectivity index (χ2v) is 5.34. The van der Waals surface area contributed by atoms with E-state index in [1.54, 1.807) is 12.3 Å². The molecule has 0 aliphatic rings. The highest BCUT2D eigenvalue weighted by molar-refractivity contribution is 5.97. The molecule has 1 atom stereocenters. The van der Waals surface area contributed by atoms with E-state index in [0.29, 0.717) is 18.1 Å². The van der Waals surface area contributed by atoms with Crippen LogP contribution in [-0.2, 0) is 6.42 Å². The maximum Gasteiger partial charge on any atom is 0.269 e. The molecule has 2 aromatic rings. The molecule has 0 saturated heterocycles. The van der Waals surface area contributed by atoms with Crippen molar-refractivity contribution in [3.63, 3.8) is 0 Å². The van der Waals surface area contributed by atoms with E-state index in [1.807, 2.05) is 32.0 Å². The first-order chi connectivity index (χ1) is 11.0.